The van der Waals surface area contributed by atoms with Crippen molar-refractivity contribution in [2.24, 2.45) is 0 Å². The summed E-state index contributed by atoms with van der Waals surface area (Å²) < 4.78 is 21.8. The summed E-state index contributed by atoms with van der Waals surface area (Å²) >= 11 is 0. The van der Waals surface area contributed by atoms with Gasteiger partial charge in [0.25, 0.3) is 0 Å². The Morgan fingerprint density at radius 2 is 1.71 bits per heavy atom. The van der Waals surface area contributed by atoms with Crippen molar-refractivity contribution in [2.45, 2.75) is 18.8 Å². The molecule has 3 aromatic carbocycles. The van der Waals surface area contributed by atoms with Crippen molar-refractivity contribution in [1.29, 1.82) is 0 Å². The largest absolute Gasteiger partial charge is 0.507 e. The summed E-state index contributed by atoms with van der Waals surface area (Å²) in [5.41, 5.74) is 1.24. The number of hydrogen-bond donors (Lipinski definition) is 1. The Kier molecular flexibility index (Phi) is 7.35. The van der Waals surface area contributed by atoms with Crippen LogP contribution in [-0.4, -0.2) is 31.9 Å². The van der Waals surface area contributed by atoms with Crippen LogP contribution >= 0.6 is 0 Å². The molecule has 0 saturated heterocycles. The predicted octanol–water partition coefficient (Wildman–Crippen LogP) is 4.82. The van der Waals surface area contributed by atoms with Gasteiger partial charge >= 0.3 is 11.6 Å². The van der Waals surface area contributed by atoms with Crippen LogP contribution in [0.1, 0.15) is 29.0 Å². The second-order valence-corrected chi connectivity index (χ2v) is 7.98. The summed E-state index contributed by atoms with van der Waals surface area (Å²) in [4.78, 5) is 25.2. The molecule has 1 heterocycles. The minimum atomic E-state index is -0.824. The van der Waals surface area contributed by atoms with E-state index < -0.39 is 17.5 Å². The van der Waals surface area contributed by atoms with E-state index in [2.05, 4.69) is 0 Å². The lowest BCUT2D eigenvalue weighted by Crippen LogP contribution is -2.18. The van der Waals surface area contributed by atoms with Crippen LogP contribution in [0.4, 0.5) is 0 Å². The minimum absolute atomic E-state index is 0.0195. The fraction of sp³-hybridized carbons (Fsp3) is 0.214. The van der Waals surface area contributed by atoms with Crippen molar-refractivity contribution in [2.75, 3.05) is 20.8 Å². The SMILES string of the molecule is COC(=O)C[C@H](c1ccc(OCCc2ccccc2)c(OC)c1)c1c(O)c2ccccc2oc1=O. The Bertz CT molecular complexity index is 1380. The number of rotatable bonds is 9. The van der Waals surface area contributed by atoms with Gasteiger partial charge < -0.3 is 23.7 Å². The molecule has 35 heavy (non-hydrogen) atoms. The van der Waals surface area contributed by atoms with Gasteiger partial charge in [0.2, 0.25) is 0 Å². The van der Waals surface area contributed by atoms with E-state index in [1.165, 1.54) is 14.2 Å². The molecule has 0 aliphatic carbocycles. The number of carbonyl (C=O) groups excluding carboxylic acids is 1. The van der Waals surface area contributed by atoms with Gasteiger partial charge in [-0.15, -0.1) is 0 Å². The normalized spacial score (nSPS) is 11.7. The average molecular weight is 475 g/mol. The molecule has 0 radical (unpaired) electrons. The first-order valence-corrected chi connectivity index (χ1v) is 11.2. The molecule has 0 amide bonds. The molecule has 180 valence electrons. The first-order chi connectivity index (χ1) is 17.0. The smallest absolute Gasteiger partial charge is 0.343 e. The Morgan fingerprint density at radius 3 is 2.46 bits per heavy atom. The van der Waals surface area contributed by atoms with Crippen molar-refractivity contribution in [3.05, 3.63) is 99.9 Å². The van der Waals surface area contributed by atoms with Gasteiger partial charge in [-0.3, -0.25) is 4.79 Å². The molecule has 4 rings (SSSR count). The van der Waals surface area contributed by atoms with Crippen molar-refractivity contribution in [1.82, 2.24) is 0 Å². The van der Waals surface area contributed by atoms with E-state index in [1.54, 1.807) is 42.5 Å². The lowest BCUT2D eigenvalue weighted by Gasteiger charge is -2.19. The molecular weight excluding hydrogens is 448 g/mol. The van der Waals surface area contributed by atoms with Crippen LogP contribution in [-0.2, 0) is 16.0 Å². The Labute approximate surface area is 202 Å². The molecule has 1 aromatic heterocycles. The fourth-order valence-corrected chi connectivity index (χ4v) is 4.04. The summed E-state index contributed by atoms with van der Waals surface area (Å²) in [6.45, 7) is 0.445. The molecule has 1 atom stereocenters. The monoisotopic (exact) mass is 474 g/mol. The molecule has 0 aliphatic rings. The van der Waals surface area contributed by atoms with Gasteiger partial charge in [-0.1, -0.05) is 48.5 Å². The van der Waals surface area contributed by atoms with E-state index in [9.17, 15) is 14.7 Å². The van der Waals surface area contributed by atoms with Gasteiger partial charge in [-0.2, -0.15) is 0 Å². The van der Waals surface area contributed by atoms with E-state index in [1.807, 2.05) is 30.3 Å². The highest BCUT2D eigenvalue weighted by atomic mass is 16.5. The number of hydrogen-bond acceptors (Lipinski definition) is 7. The van der Waals surface area contributed by atoms with E-state index in [-0.39, 0.29) is 23.3 Å². The molecule has 0 saturated carbocycles. The van der Waals surface area contributed by atoms with Crippen LogP contribution in [0, 0.1) is 0 Å². The summed E-state index contributed by atoms with van der Waals surface area (Å²) in [6, 6.07) is 21.8. The van der Waals surface area contributed by atoms with Gasteiger partial charge in [0.15, 0.2) is 11.5 Å². The van der Waals surface area contributed by atoms with Crippen LogP contribution < -0.4 is 15.1 Å². The van der Waals surface area contributed by atoms with Crippen molar-refractivity contribution >= 4 is 16.9 Å². The maximum absolute atomic E-state index is 12.9. The Morgan fingerprint density at radius 1 is 0.971 bits per heavy atom. The molecule has 0 unspecified atom stereocenters. The maximum Gasteiger partial charge on any atom is 0.343 e. The lowest BCUT2D eigenvalue weighted by atomic mass is 9.88. The summed E-state index contributed by atoms with van der Waals surface area (Å²) in [5.74, 6) is -0.624. The highest BCUT2D eigenvalue weighted by Gasteiger charge is 2.28. The summed E-state index contributed by atoms with van der Waals surface area (Å²) in [6.07, 6.45) is 0.549. The number of esters is 1. The number of fused-ring (bicyclic) bond motifs is 1. The summed E-state index contributed by atoms with van der Waals surface area (Å²) in [5, 5.41) is 11.4. The van der Waals surface area contributed by atoms with Gasteiger partial charge in [0.05, 0.1) is 38.2 Å². The van der Waals surface area contributed by atoms with Crippen LogP contribution in [0.2, 0.25) is 0 Å². The molecule has 0 spiro atoms. The zero-order chi connectivity index (χ0) is 24.8. The molecule has 4 aromatic rings. The second-order valence-electron chi connectivity index (χ2n) is 7.98. The Hall–Kier alpha value is -4.26. The molecule has 0 fully saturated rings. The number of para-hydroxylation sites is 1. The first kappa shape index (κ1) is 23.9. The van der Waals surface area contributed by atoms with Crippen molar-refractivity contribution in [3.8, 4) is 17.2 Å². The first-order valence-electron chi connectivity index (χ1n) is 11.2. The third-order valence-electron chi connectivity index (χ3n) is 5.85. The topological polar surface area (TPSA) is 95.2 Å². The highest BCUT2D eigenvalue weighted by Crippen LogP contribution is 2.39. The zero-order valence-electron chi connectivity index (χ0n) is 19.5. The van der Waals surface area contributed by atoms with Crippen LogP contribution in [0.25, 0.3) is 11.0 Å². The van der Waals surface area contributed by atoms with E-state index in [0.717, 1.165) is 12.0 Å². The third kappa shape index (κ3) is 5.30. The van der Waals surface area contributed by atoms with Crippen molar-refractivity contribution in [3.63, 3.8) is 0 Å². The number of ether oxygens (including phenoxy) is 3. The molecule has 7 heteroatoms. The average Bonchev–Trinajstić information content (AvgIpc) is 2.88. The van der Waals surface area contributed by atoms with E-state index >= 15 is 0 Å². The van der Waals surface area contributed by atoms with Gasteiger partial charge in [0, 0.05) is 12.3 Å². The minimum Gasteiger partial charge on any atom is -0.507 e. The number of aromatic hydroxyl groups is 1. The molecule has 0 bridgehead atoms. The van der Waals surface area contributed by atoms with Crippen LogP contribution in [0.5, 0.6) is 17.2 Å². The van der Waals surface area contributed by atoms with Gasteiger partial charge in [-0.05, 0) is 35.4 Å². The summed E-state index contributed by atoms with van der Waals surface area (Å²) in [7, 11) is 2.78. The van der Waals surface area contributed by atoms with Gasteiger partial charge in [-0.25, -0.2) is 4.79 Å². The molecule has 0 aliphatic heterocycles. The number of carbonyl (C=O) groups is 1. The van der Waals surface area contributed by atoms with E-state index in [4.69, 9.17) is 18.6 Å². The maximum atomic E-state index is 12.9. The number of benzene rings is 3. The molecule has 1 N–H and O–H groups in total. The second kappa shape index (κ2) is 10.8. The lowest BCUT2D eigenvalue weighted by molar-refractivity contribution is -0.140. The Balaban J connectivity index is 1.69. The van der Waals surface area contributed by atoms with Crippen LogP contribution in [0.15, 0.2) is 82.0 Å². The molecular formula is C28H26O7. The number of methoxy groups -OCH3 is 2. The van der Waals surface area contributed by atoms with Crippen molar-refractivity contribution < 1.29 is 28.5 Å². The highest BCUT2D eigenvalue weighted by molar-refractivity contribution is 5.84. The quantitative estimate of drug-likeness (QED) is 0.274. The standard InChI is InChI=1S/C28H26O7/c1-32-24-16-19(12-13-23(24)34-15-14-18-8-4-3-5-9-18)21(17-25(29)33-2)26-27(30)20-10-6-7-11-22(20)35-28(26)31/h3-13,16,21,30H,14-15,17H2,1-2H3/t21-/m1/s1. The van der Waals surface area contributed by atoms with Gasteiger partial charge in [0.1, 0.15) is 11.3 Å². The third-order valence-corrected chi connectivity index (χ3v) is 5.85. The fourth-order valence-electron chi connectivity index (χ4n) is 4.04. The zero-order valence-corrected chi connectivity index (χ0v) is 19.5. The van der Waals surface area contributed by atoms with E-state index in [0.29, 0.717) is 29.1 Å². The molecule has 7 nitrogen and oxygen atoms in total. The van der Waals surface area contributed by atoms with Crippen LogP contribution in [0.3, 0.4) is 0 Å². The predicted molar refractivity (Wildman–Crippen MR) is 131 cm³/mol.